The summed E-state index contributed by atoms with van der Waals surface area (Å²) in [4.78, 5) is 16.3. The van der Waals surface area contributed by atoms with Gasteiger partial charge in [0.25, 0.3) is 0 Å². The van der Waals surface area contributed by atoms with Crippen molar-refractivity contribution in [1.82, 2.24) is 15.1 Å². The number of piperazine rings is 1. The number of nitrogens with one attached hydrogen (secondary N) is 1. The summed E-state index contributed by atoms with van der Waals surface area (Å²) in [6, 6.07) is -0.164. The molecule has 0 bridgehead atoms. The third kappa shape index (κ3) is 2.53. The first kappa shape index (κ1) is 11.8. The van der Waals surface area contributed by atoms with Gasteiger partial charge < -0.3 is 20.2 Å². The van der Waals surface area contributed by atoms with Gasteiger partial charge in [0.2, 0.25) is 5.91 Å². The maximum Gasteiger partial charge on any atom is 0.239 e. The molecule has 2 atom stereocenters. The van der Waals surface area contributed by atoms with Crippen LogP contribution in [0.15, 0.2) is 0 Å². The van der Waals surface area contributed by atoms with E-state index in [9.17, 15) is 9.90 Å². The molecule has 0 saturated carbocycles. The third-order valence-corrected chi connectivity index (χ3v) is 3.54. The number of aliphatic hydroxyl groups is 1. The summed E-state index contributed by atoms with van der Waals surface area (Å²) >= 11 is 0. The maximum absolute atomic E-state index is 12.1. The fraction of sp³-hybridized carbons (Fsp3) is 0.909. The third-order valence-electron chi connectivity index (χ3n) is 3.54. The minimum atomic E-state index is -0.356. The summed E-state index contributed by atoms with van der Waals surface area (Å²) in [5.41, 5.74) is 0. The monoisotopic (exact) mass is 227 g/mol. The zero-order valence-electron chi connectivity index (χ0n) is 9.85. The number of likely N-dealkylation sites (N-methyl/N-ethyl adjacent to an activating group) is 1. The molecule has 2 unspecified atom stereocenters. The number of β-amino-alcohol motifs (C(OH)–C–C–N with tert-alkyl or cyclic N) is 1. The van der Waals surface area contributed by atoms with Crippen LogP contribution in [0.3, 0.4) is 0 Å². The molecule has 2 heterocycles. The van der Waals surface area contributed by atoms with Crippen molar-refractivity contribution in [2.75, 3.05) is 39.3 Å². The van der Waals surface area contributed by atoms with Crippen molar-refractivity contribution >= 4 is 5.91 Å². The summed E-state index contributed by atoms with van der Waals surface area (Å²) in [5, 5.41) is 12.5. The van der Waals surface area contributed by atoms with Gasteiger partial charge in [-0.3, -0.25) is 4.79 Å². The smallest absolute Gasteiger partial charge is 0.239 e. The molecule has 16 heavy (non-hydrogen) atoms. The van der Waals surface area contributed by atoms with Crippen molar-refractivity contribution in [2.45, 2.75) is 25.5 Å². The molecule has 2 aliphatic heterocycles. The lowest BCUT2D eigenvalue weighted by molar-refractivity contribution is -0.135. The van der Waals surface area contributed by atoms with Gasteiger partial charge in [0.15, 0.2) is 0 Å². The average Bonchev–Trinajstić information content (AvgIpc) is 2.75. The number of hydrogen-bond donors (Lipinski definition) is 2. The maximum atomic E-state index is 12.1. The molecule has 2 aliphatic rings. The Hall–Kier alpha value is -0.650. The standard InChI is InChI=1S/C11H21N3O2/c1-2-13-3-5-14(6-4-13)11(16)10-7-9(15)8-12-10/h9-10,12,15H,2-8H2,1H3. The Kier molecular flexibility index (Phi) is 3.78. The van der Waals surface area contributed by atoms with Crippen molar-refractivity contribution in [3.8, 4) is 0 Å². The lowest BCUT2D eigenvalue weighted by Gasteiger charge is -2.35. The van der Waals surface area contributed by atoms with Gasteiger partial charge in [-0.1, -0.05) is 6.92 Å². The van der Waals surface area contributed by atoms with Crippen LogP contribution in [0, 0.1) is 0 Å². The van der Waals surface area contributed by atoms with Crippen LogP contribution in [0.4, 0.5) is 0 Å². The number of hydrogen-bond acceptors (Lipinski definition) is 4. The second-order valence-corrected chi connectivity index (χ2v) is 4.61. The summed E-state index contributed by atoms with van der Waals surface area (Å²) in [7, 11) is 0. The molecule has 92 valence electrons. The number of aliphatic hydroxyl groups excluding tert-OH is 1. The van der Waals surface area contributed by atoms with E-state index >= 15 is 0 Å². The summed E-state index contributed by atoms with van der Waals surface area (Å²) < 4.78 is 0. The van der Waals surface area contributed by atoms with Crippen LogP contribution in [-0.4, -0.2) is 72.2 Å². The van der Waals surface area contributed by atoms with Crippen molar-refractivity contribution in [3.05, 3.63) is 0 Å². The van der Waals surface area contributed by atoms with Gasteiger partial charge in [0.1, 0.15) is 0 Å². The van der Waals surface area contributed by atoms with E-state index in [0.717, 1.165) is 32.7 Å². The molecule has 0 aromatic rings. The Morgan fingerprint density at radius 1 is 1.38 bits per heavy atom. The first-order valence-corrected chi connectivity index (χ1v) is 6.13. The fourth-order valence-corrected chi connectivity index (χ4v) is 2.41. The Bertz CT molecular complexity index is 252. The number of carbonyl (C=O) groups excluding carboxylic acids is 1. The molecule has 0 aromatic heterocycles. The predicted molar refractivity (Wildman–Crippen MR) is 61.1 cm³/mol. The lowest BCUT2D eigenvalue weighted by Crippen LogP contribution is -2.52. The van der Waals surface area contributed by atoms with E-state index in [2.05, 4.69) is 17.1 Å². The highest BCUT2D eigenvalue weighted by Crippen LogP contribution is 2.11. The van der Waals surface area contributed by atoms with Crippen molar-refractivity contribution < 1.29 is 9.90 Å². The highest BCUT2D eigenvalue weighted by atomic mass is 16.3. The van der Waals surface area contributed by atoms with E-state index in [4.69, 9.17) is 0 Å². The molecular weight excluding hydrogens is 206 g/mol. The lowest BCUT2D eigenvalue weighted by atomic mass is 10.1. The van der Waals surface area contributed by atoms with Gasteiger partial charge in [-0.15, -0.1) is 0 Å². The molecule has 2 N–H and O–H groups in total. The largest absolute Gasteiger partial charge is 0.392 e. The van der Waals surface area contributed by atoms with E-state index in [0.29, 0.717) is 13.0 Å². The molecule has 0 aromatic carbocycles. The Morgan fingerprint density at radius 3 is 2.56 bits per heavy atom. The second-order valence-electron chi connectivity index (χ2n) is 4.61. The molecule has 0 aliphatic carbocycles. The van der Waals surface area contributed by atoms with Crippen molar-refractivity contribution in [2.24, 2.45) is 0 Å². The van der Waals surface area contributed by atoms with Gasteiger partial charge in [-0.05, 0) is 13.0 Å². The quantitative estimate of drug-likeness (QED) is 0.627. The Labute approximate surface area is 96.4 Å². The first-order chi connectivity index (χ1) is 7.70. The van der Waals surface area contributed by atoms with Gasteiger partial charge >= 0.3 is 0 Å². The van der Waals surface area contributed by atoms with Gasteiger partial charge in [0.05, 0.1) is 12.1 Å². The number of carbonyl (C=O) groups is 1. The molecule has 1 amide bonds. The zero-order chi connectivity index (χ0) is 11.5. The van der Waals surface area contributed by atoms with Gasteiger partial charge in [-0.2, -0.15) is 0 Å². The molecule has 5 heteroatoms. The van der Waals surface area contributed by atoms with Gasteiger partial charge in [0, 0.05) is 32.7 Å². The molecule has 5 nitrogen and oxygen atoms in total. The topological polar surface area (TPSA) is 55.8 Å². The molecular formula is C11H21N3O2. The van der Waals surface area contributed by atoms with Crippen LogP contribution in [0.2, 0.25) is 0 Å². The van der Waals surface area contributed by atoms with Crippen LogP contribution in [-0.2, 0) is 4.79 Å². The zero-order valence-corrected chi connectivity index (χ0v) is 9.85. The first-order valence-electron chi connectivity index (χ1n) is 6.13. The van der Waals surface area contributed by atoms with E-state index in [1.807, 2.05) is 4.90 Å². The molecule has 2 saturated heterocycles. The summed E-state index contributed by atoms with van der Waals surface area (Å²) in [5.74, 6) is 0.160. The Morgan fingerprint density at radius 2 is 2.06 bits per heavy atom. The molecule has 2 rings (SSSR count). The second kappa shape index (κ2) is 5.12. The molecule has 0 spiro atoms. The minimum Gasteiger partial charge on any atom is -0.392 e. The van der Waals surface area contributed by atoms with Gasteiger partial charge in [-0.25, -0.2) is 0 Å². The number of amides is 1. The SMILES string of the molecule is CCN1CCN(C(=O)C2CC(O)CN2)CC1. The van der Waals surface area contributed by atoms with Crippen molar-refractivity contribution in [1.29, 1.82) is 0 Å². The Balaban J connectivity index is 1.82. The normalized spacial score (nSPS) is 32.0. The van der Waals surface area contributed by atoms with E-state index < -0.39 is 0 Å². The number of rotatable bonds is 2. The highest BCUT2D eigenvalue weighted by molar-refractivity contribution is 5.82. The minimum absolute atomic E-state index is 0.160. The van der Waals surface area contributed by atoms with E-state index in [1.54, 1.807) is 0 Å². The van der Waals surface area contributed by atoms with E-state index in [1.165, 1.54) is 0 Å². The average molecular weight is 227 g/mol. The van der Waals surface area contributed by atoms with Crippen LogP contribution < -0.4 is 5.32 Å². The van der Waals surface area contributed by atoms with Crippen molar-refractivity contribution in [3.63, 3.8) is 0 Å². The highest BCUT2D eigenvalue weighted by Gasteiger charge is 2.32. The fourth-order valence-electron chi connectivity index (χ4n) is 2.41. The summed E-state index contributed by atoms with van der Waals surface area (Å²) in [6.07, 6.45) is 0.207. The predicted octanol–water partition coefficient (Wildman–Crippen LogP) is -1.13. The number of nitrogens with zero attached hydrogens (tertiary/aromatic N) is 2. The van der Waals surface area contributed by atoms with Crippen LogP contribution in [0.1, 0.15) is 13.3 Å². The van der Waals surface area contributed by atoms with Crippen LogP contribution in [0.5, 0.6) is 0 Å². The van der Waals surface area contributed by atoms with Crippen LogP contribution in [0.25, 0.3) is 0 Å². The van der Waals surface area contributed by atoms with Crippen LogP contribution >= 0.6 is 0 Å². The molecule has 0 radical (unpaired) electrons. The molecule has 2 fully saturated rings. The summed E-state index contributed by atoms with van der Waals surface area (Å²) in [6.45, 7) is 7.33. The van der Waals surface area contributed by atoms with E-state index in [-0.39, 0.29) is 18.1 Å².